The van der Waals surface area contributed by atoms with Crippen molar-refractivity contribution in [2.75, 3.05) is 33.7 Å². The van der Waals surface area contributed by atoms with E-state index in [0.29, 0.717) is 12.8 Å². The van der Waals surface area contributed by atoms with Crippen LogP contribution < -0.4 is 10.6 Å². The monoisotopic (exact) mass is 680 g/mol. The van der Waals surface area contributed by atoms with Crippen molar-refractivity contribution in [3.8, 4) is 12.3 Å². The third-order valence-corrected chi connectivity index (χ3v) is 8.92. The SMILES string of the molecule is C#CC[C@H](NC(=O)C(CC(=O)N(C)CCN(C)CC(F)(F)F)Cc1ccccc1)C(=O)N[C@@H](CC1CCCCC1)[C@@H](O)[C@@H](O)CC(C)C. The van der Waals surface area contributed by atoms with Crippen LogP contribution in [0.3, 0.4) is 0 Å². The Labute approximate surface area is 284 Å². The summed E-state index contributed by atoms with van der Waals surface area (Å²) >= 11 is 0. The average Bonchev–Trinajstić information content (AvgIpc) is 3.02. The Morgan fingerprint density at radius 3 is 2.23 bits per heavy atom. The number of aliphatic hydroxyl groups excluding tert-OH is 2. The number of terminal acetylenes is 1. The van der Waals surface area contributed by atoms with Crippen LogP contribution in [0.4, 0.5) is 13.2 Å². The molecule has 1 aromatic carbocycles. The quantitative estimate of drug-likeness (QED) is 0.165. The molecule has 1 saturated carbocycles. The van der Waals surface area contributed by atoms with Crippen LogP contribution in [-0.4, -0.2) is 102 Å². The first kappa shape index (κ1) is 41.0. The Morgan fingerprint density at radius 1 is 1.00 bits per heavy atom. The summed E-state index contributed by atoms with van der Waals surface area (Å²) in [5, 5.41) is 27.5. The van der Waals surface area contributed by atoms with E-state index in [-0.39, 0.29) is 44.2 Å². The highest BCUT2D eigenvalue weighted by Gasteiger charge is 2.34. The summed E-state index contributed by atoms with van der Waals surface area (Å²) in [4.78, 5) is 42.9. The van der Waals surface area contributed by atoms with Crippen molar-refractivity contribution < 1.29 is 37.8 Å². The maximum atomic E-state index is 13.7. The first-order chi connectivity index (χ1) is 22.6. The Bertz CT molecular complexity index is 1170. The van der Waals surface area contributed by atoms with Crippen molar-refractivity contribution in [3.63, 3.8) is 0 Å². The van der Waals surface area contributed by atoms with Gasteiger partial charge in [0.2, 0.25) is 17.7 Å². The number of benzene rings is 1. The number of hydrogen-bond acceptors (Lipinski definition) is 6. The summed E-state index contributed by atoms with van der Waals surface area (Å²) < 4.78 is 38.2. The number of nitrogens with zero attached hydrogens (tertiary/aromatic N) is 2. The Hall–Kier alpha value is -3.14. The van der Waals surface area contributed by atoms with E-state index in [1.165, 1.54) is 19.0 Å². The molecular formula is C36H55F3N4O5. The minimum Gasteiger partial charge on any atom is -0.390 e. The number of carbonyl (C=O) groups excluding carboxylic acids is 3. The molecule has 0 aliphatic heterocycles. The lowest BCUT2D eigenvalue weighted by molar-refractivity contribution is -0.144. The molecule has 1 aliphatic carbocycles. The maximum Gasteiger partial charge on any atom is 0.401 e. The largest absolute Gasteiger partial charge is 0.401 e. The predicted molar refractivity (Wildman–Crippen MR) is 179 cm³/mol. The predicted octanol–water partition coefficient (Wildman–Crippen LogP) is 3.92. The first-order valence-electron chi connectivity index (χ1n) is 17.0. The molecule has 0 spiro atoms. The lowest BCUT2D eigenvalue weighted by atomic mass is 9.82. The molecule has 0 aromatic heterocycles. The van der Waals surface area contributed by atoms with Crippen LogP contribution in [0, 0.1) is 30.1 Å². The molecule has 1 aliphatic rings. The molecule has 3 amide bonds. The van der Waals surface area contributed by atoms with Gasteiger partial charge in [-0.15, -0.1) is 12.3 Å². The van der Waals surface area contributed by atoms with Gasteiger partial charge < -0.3 is 25.7 Å². The molecule has 270 valence electrons. The molecular weight excluding hydrogens is 625 g/mol. The van der Waals surface area contributed by atoms with Gasteiger partial charge in [0.25, 0.3) is 0 Å². The van der Waals surface area contributed by atoms with Crippen LogP contribution >= 0.6 is 0 Å². The summed E-state index contributed by atoms with van der Waals surface area (Å²) in [6.45, 7) is 2.78. The third kappa shape index (κ3) is 15.4. The zero-order valence-electron chi connectivity index (χ0n) is 28.8. The van der Waals surface area contributed by atoms with E-state index in [1.807, 2.05) is 32.0 Å². The topological polar surface area (TPSA) is 122 Å². The number of rotatable bonds is 19. The number of aliphatic hydroxyl groups is 2. The van der Waals surface area contributed by atoms with Gasteiger partial charge in [-0.2, -0.15) is 13.2 Å². The van der Waals surface area contributed by atoms with Crippen molar-refractivity contribution in [3.05, 3.63) is 35.9 Å². The average molecular weight is 681 g/mol. The van der Waals surface area contributed by atoms with Crippen LogP contribution in [0.5, 0.6) is 0 Å². The molecule has 0 saturated heterocycles. The van der Waals surface area contributed by atoms with E-state index >= 15 is 0 Å². The first-order valence-corrected chi connectivity index (χ1v) is 17.0. The maximum absolute atomic E-state index is 13.7. The molecule has 12 heteroatoms. The molecule has 5 atom stereocenters. The molecule has 1 fully saturated rings. The second-order valence-corrected chi connectivity index (χ2v) is 13.8. The van der Waals surface area contributed by atoms with E-state index in [1.54, 1.807) is 12.1 Å². The fraction of sp³-hybridized carbons (Fsp3) is 0.694. The van der Waals surface area contributed by atoms with Crippen molar-refractivity contribution in [2.24, 2.45) is 17.8 Å². The van der Waals surface area contributed by atoms with Crippen molar-refractivity contribution in [1.29, 1.82) is 0 Å². The van der Waals surface area contributed by atoms with Gasteiger partial charge >= 0.3 is 6.18 Å². The summed E-state index contributed by atoms with van der Waals surface area (Å²) in [5.41, 5.74) is 0.783. The van der Waals surface area contributed by atoms with Gasteiger partial charge in [-0.05, 0) is 43.7 Å². The third-order valence-electron chi connectivity index (χ3n) is 8.92. The summed E-state index contributed by atoms with van der Waals surface area (Å²) in [7, 11) is 2.79. The van der Waals surface area contributed by atoms with Gasteiger partial charge in [0.15, 0.2) is 0 Å². The lowest BCUT2D eigenvalue weighted by Crippen LogP contribution is -2.56. The van der Waals surface area contributed by atoms with E-state index in [0.717, 1.165) is 42.6 Å². The standard InChI is InChI=1S/C36H55F3N4O5/c1-6-13-29(35(48)41-30(22-27-16-11-8-12-17-27)33(46)31(44)20-25(2)3)40-34(47)28(21-26-14-9-7-10-15-26)23-32(45)43(5)19-18-42(4)24-36(37,38)39/h1,7,9-10,14-15,25,27-31,33,44,46H,8,11-13,16-24H2,2-5H3,(H,40,47)(H,41,48)/t28?,29-,30-,31-,33+/m0/s1. The number of alkyl halides is 3. The van der Waals surface area contributed by atoms with E-state index < -0.39 is 60.7 Å². The van der Waals surface area contributed by atoms with Crippen molar-refractivity contribution in [1.82, 2.24) is 20.4 Å². The summed E-state index contributed by atoms with van der Waals surface area (Å²) in [5.74, 6) is 0.330. The highest BCUT2D eigenvalue weighted by atomic mass is 19.4. The summed E-state index contributed by atoms with van der Waals surface area (Å²) in [6, 6.07) is 7.13. The fourth-order valence-corrected chi connectivity index (χ4v) is 6.21. The number of amides is 3. The van der Waals surface area contributed by atoms with Gasteiger partial charge in [-0.3, -0.25) is 19.3 Å². The van der Waals surface area contributed by atoms with Gasteiger partial charge in [0, 0.05) is 33.0 Å². The van der Waals surface area contributed by atoms with Crippen LogP contribution in [0.1, 0.15) is 77.2 Å². The van der Waals surface area contributed by atoms with Crippen molar-refractivity contribution >= 4 is 17.7 Å². The Kier molecular flexibility index (Phi) is 17.4. The zero-order chi connectivity index (χ0) is 35.9. The lowest BCUT2D eigenvalue weighted by Gasteiger charge is -2.33. The van der Waals surface area contributed by atoms with E-state index in [2.05, 4.69) is 16.6 Å². The van der Waals surface area contributed by atoms with Crippen LogP contribution in [0.25, 0.3) is 0 Å². The molecule has 48 heavy (non-hydrogen) atoms. The number of halogens is 3. The molecule has 1 aromatic rings. The van der Waals surface area contributed by atoms with Gasteiger partial charge in [0.1, 0.15) is 12.1 Å². The van der Waals surface area contributed by atoms with Gasteiger partial charge in [-0.1, -0.05) is 76.3 Å². The summed E-state index contributed by atoms with van der Waals surface area (Å²) in [6.07, 6.45) is 4.79. The minimum absolute atomic E-state index is 0.0124. The Morgan fingerprint density at radius 2 is 1.65 bits per heavy atom. The molecule has 2 rings (SSSR count). The van der Waals surface area contributed by atoms with Crippen LogP contribution in [-0.2, 0) is 20.8 Å². The molecule has 4 N–H and O–H groups in total. The van der Waals surface area contributed by atoms with Gasteiger partial charge in [-0.25, -0.2) is 0 Å². The second-order valence-electron chi connectivity index (χ2n) is 13.8. The molecule has 1 unspecified atom stereocenters. The molecule has 9 nitrogen and oxygen atoms in total. The van der Waals surface area contributed by atoms with Crippen molar-refractivity contribution in [2.45, 2.75) is 109 Å². The smallest absolute Gasteiger partial charge is 0.390 e. The molecule has 0 radical (unpaired) electrons. The zero-order valence-corrected chi connectivity index (χ0v) is 28.8. The molecule has 0 bridgehead atoms. The van der Waals surface area contributed by atoms with E-state index in [9.17, 15) is 37.8 Å². The van der Waals surface area contributed by atoms with Crippen LogP contribution in [0.15, 0.2) is 30.3 Å². The normalized spacial score (nSPS) is 17.2. The van der Waals surface area contributed by atoms with Gasteiger partial charge in [0.05, 0.1) is 24.6 Å². The molecule has 0 heterocycles. The highest BCUT2D eigenvalue weighted by Crippen LogP contribution is 2.29. The number of hydrogen-bond donors (Lipinski definition) is 4. The fourth-order valence-electron chi connectivity index (χ4n) is 6.21. The minimum atomic E-state index is -4.36. The number of nitrogens with one attached hydrogen (secondary N) is 2. The second kappa shape index (κ2) is 20.4. The highest BCUT2D eigenvalue weighted by molar-refractivity contribution is 5.91. The van der Waals surface area contributed by atoms with E-state index in [4.69, 9.17) is 6.42 Å². The number of carbonyl (C=O) groups is 3. The Balaban J connectivity index is 2.20. The number of likely N-dealkylation sites (N-methyl/N-ethyl adjacent to an activating group) is 2. The van der Waals surface area contributed by atoms with Crippen LogP contribution in [0.2, 0.25) is 0 Å².